The first-order valence-corrected chi connectivity index (χ1v) is 9.10. The highest BCUT2D eigenvalue weighted by atomic mass is 79.9. The fraction of sp³-hybridized carbons (Fsp3) is 0. The monoisotopic (exact) mass is 435 g/mol. The summed E-state index contributed by atoms with van der Waals surface area (Å²) in [7, 11) is 0. The van der Waals surface area contributed by atoms with Crippen molar-refractivity contribution in [2.24, 2.45) is 0 Å². The van der Waals surface area contributed by atoms with Gasteiger partial charge in [0, 0.05) is 21.9 Å². The number of amides is 2. The van der Waals surface area contributed by atoms with E-state index in [0.717, 1.165) is 4.47 Å². The highest BCUT2D eigenvalue weighted by molar-refractivity contribution is 9.10. The number of thiophene rings is 1. The van der Waals surface area contributed by atoms with E-state index < -0.39 is 0 Å². The predicted molar refractivity (Wildman–Crippen MR) is 104 cm³/mol. The van der Waals surface area contributed by atoms with Crippen molar-refractivity contribution in [2.45, 2.75) is 0 Å². The summed E-state index contributed by atoms with van der Waals surface area (Å²) in [6.07, 6.45) is 1.60. The SMILES string of the molecule is O=C(Nc1ccc(Br)cn1)c1cccc(NC(=O)c2ccc(Cl)s2)c1. The number of carbonyl (C=O) groups excluding carboxylic acids is 2. The fourth-order valence-corrected chi connectivity index (χ4v) is 3.18. The molecule has 0 aliphatic carbocycles. The number of nitrogens with one attached hydrogen (secondary N) is 2. The van der Waals surface area contributed by atoms with Crippen LogP contribution in [0.15, 0.2) is 59.2 Å². The second-order valence-electron chi connectivity index (χ2n) is 4.95. The number of carbonyl (C=O) groups is 2. The summed E-state index contributed by atoms with van der Waals surface area (Å²) in [5.74, 6) is -0.148. The molecule has 2 N–H and O–H groups in total. The Morgan fingerprint density at radius 2 is 1.88 bits per heavy atom. The minimum atomic E-state index is -0.315. The number of nitrogens with zero attached hydrogens (tertiary/aromatic N) is 1. The quantitative estimate of drug-likeness (QED) is 0.600. The molecule has 3 aromatic rings. The Labute approximate surface area is 161 Å². The van der Waals surface area contributed by atoms with Crippen LogP contribution in [0.4, 0.5) is 11.5 Å². The molecule has 0 aliphatic heterocycles. The Balaban J connectivity index is 1.71. The molecule has 0 aliphatic rings. The van der Waals surface area contributed by atoms with Crippen LogP contribution in [0.5, 0.6) is 0 Å². The van der Waals surface area contributed by atoms with Crippen molar-refractivity contribution in [1.82, 2.24) is 4.98 Å². The number of anilines is 2. The van der Waals surface area contributed by atoms with E-state index in [-0.39, 0.29) is 11.8 Å². The van der Waals surface area contributed by atoms with Crippen LogP contribution in [0.25, 0.3) is 0 Å². The predicted octanol–water partition coefficient (Wildman–Crippen LogP) is 5.06. The van der Waals surface area contributed by atoms with Gasteiger partial charge in [0.1, 0.15) is 5.82 Å². The summed E-state index contributed by atoms with van der Waals surface area (Å²) in [6, 6.07) is 13.4. The van der Waals surface area contributed by atoms with E-state index in [4.69, 9.17) is 11.6 Å². The maximum Gasteiger partial charge on any atom is 0.265 e. The number of benzene rings is 1. The van der Waals surface area contributed by atoms with Crippen molar-refractivity contribution < 1.29 is 9.59 Å². The van der Waals surface area contributed by atoms with Crippen molar-refractivity contribution in [3.05, 3.63) is 74.0 Å². The maximum absolute atomic E-state index is 12.3. The van der Waals surface area contributed by atoms with Crippen molar-refractivity contribution in [2.75, 3.05) is 10.6 Å². The number of hydrogen-bond donors (Lipinski definition) is 2. The van der Waals surface area contributed by atoms with Crippen LogP contribution in [-0.2, 0) is 0 Å². The van der Waals surface area contributed by atoms with Gasteiger partial charge in [0.2, 0.25) is 0 Å². The Morgan fingerprint density at radius 1 is 1.04 bits per heavy atom. The molecular weight excluding hydrogens is 426 g/mol. The van der Waals surface area contributed by atoms with E-state index in [9.17, 15) is 9.59 Å². The lowest BCUT2D eigenvalue weighted by Crippen LogP contribution is -2.14. The number of pyridine rings is 1. The molecule has 0 fully saturated rings. The topological polar surface area (TPSA) is 71.1 Å². The Hall–Kier alpha value is -2.22. The number of halogens is 2. The smallest absolute Gasteiger partial charge is 0.265 e. The van der Waals surface area contributed by atoms with E-state index >= 15 is 0 Å². The van der Waals surface area contributed by atoms with Gasteiger partial charge >= 0.3 is 0 Å². The average molecular weight is 437 g/mol. The lowest BCUT2D eigenvalue weighted by Gasteiger charge is -2.07. The molecule has 0 bridgehead atoms. The molecule has 0 saturated carbocycles. The van der Waals surface area contributed by atoms with Gasteiger partial charge in [-0.25, -0.2) is 4.98 Å². The lowest BCUT2D eigenvalue weighted by atomic mass is 10.2. The highest BCUT2D eigenvalue weighted by Crippen LogP contribution is 2.22. The van der Waals surface area contributed by atoms with Crippen LogP contribution in [0, 0.1) is 0 Å². The largest absolute Gasteiger partial charge is 0.321 e. The van der Waals surface area contributed by atoms with Gasteiger partial charge in [-0.05, 0) is 58.4 Å². The van der Waals surface area contributed by atoms with Crippen LogP contribution < -0.4 is 10.6 Å². The molecule has 0 spiro atoms. The van der Waals surface area contributed by atoms with Gasteiger partial charge in [-0.3, -0.25) is 9.59 Å². The second-order valence-corrected chi connectivity index (χ2v) is 7.59. The third-order valence-electron chi connectivity index (χ3n) is 3.15. The molecule has 5 nitrogen and oxygen atoms in total. The summed E-state index contributed by atoms with van der Waals surface area (Å²) in [6.45, 7) is 0. The normalized spacial score (nSPS) is 10.3. The lowest BCUT2D eigenvalue weighted by molar-refractivity contribution is 0.101. The van der Waals surface area contributed by atoms with Gasteiger partial charge < -0.3 is 10.6 Å². The minimum Gasteiger partial charge on any atom is -0.321 e. The molecule has 25 heavy (non-hydrogen) atoms. The summed E-state index contributed by atoms with van der Waals surface area (Å²) >= 11 is 10.3. The summed E-state index contributed by atoms with van der Waals surface area (Å²) < 4.78 is 1.36. The molecule has 2 aromatic heterocycles. The highest BCUT2D eigenvalue weighted by Gasteiger charge is 2.11. The van der Waals surface area contributed by atoms with Crippen molar-refractivity contribution in [1.29, 1.82) is 0 Å². The standard InChI is InChI=1S/C17H11BrClN3O2S/c18-11-4-7-15(20-9-11)22-16(23)10-2-1-3-12(8-10)21-17(24)13-5-6-14(19)25-13/h1-9H,(H,21,24)(H,20,22,23). The molecule has 1 aromatic carbocycles. The van der Waals surface area contributed by atoms with Gasteiger partial charge in [-0.1, -0.05) is 17.7 Å². The Kier molecular flexibility index (Phi) is 5.47. The fourth-order valence-electron chi connectivity index (χ4n) is 2.01. The van der Waals surface area contributed by atoms with Gasteiger partial charge in [-0.15, -0.1) is 11.3 Å². The van der Waals surface area contributed by atoms with Crippen molar-refractivity contribution in [3.8, 4) is 0 Å². The summed E-state index contributed by atoms with van der Waals surface area (Å²) in [5.41, 5.74) is 0.928. The molecule has 126 valence electrons. The van der Waals surface area contributed by atoms with Gasteiger partial charge in [0.25, 0.3) is 11.8 Å². The van der Waals surface area contributed by atoms with Crippen molar-refractivity contribution >= 4 is 62.2 Å². The third kappa shape index (κ3) is 4.66. The minimum absolute atomic E-state index is 0.274. The first-order chi connectivity index (χ1) is 12.0. The Bertz CT molecular complexity index is 928. The molecule has 0 radical (unpaired) electrons. The zero-order valence-electron chi connectivity index (χ0n) is 12.6. The van der Waals surface area contributed by atoms with E-state index in [0.29, 0.717) is 26.3 Å². The van der Waals surface area contributed by atoms with E-state index in [2.05, 4.69) is 31.5 Å². The molecule has 3 rings (SSSR count). The average Bonchev–Trinajstić information content (AvgIpc) is 3.04. The van der Waals surface area contributed by atoms with Crippen LogP contribution in [0.2, 0.25) is 4.34 Å². The molecule has 2 heterocycles. The van der Waals surface area contributed by atoms with Crippen LogP contribution in [-0.4, -0.2) is 16.8 Å². The molecular formula is C17H11BrClN3O2S. The molecule has 0 atom stereocenters. The van der Waals surface area contributed by atoms with Crippen LogP contribution in [0.1, 0.15) is 20.0 Å². The number of aromatic nitrogens is 1. The van der Waals surface area contributed by atoms with E-state index in [1.165, 1.54) is 11.3 Å². The van der Waals surface area contributed by atoms with Crippen LogP contribution >= 0.6 is 38.9 Å². The molecule has 8 heteroatoms. The van der Waals surface area contributed by atoms with Gasteiger partial charge in [0.05, 0.1) is 9.21 Å². The van der Waals surface area contributed by atoms with E-state index in [1.54, 1.807) is 54.7 Å². The maximum atomic E-state index is 12.3. The zero-order chi connectivity index (χ0) is 17.8. The zero-order valence-corrected chi connectivity index (χ0v) is 15.8. The third-order valence-corrected chi connectivity index (χ3v) is 4.85. The number of hydrogen-bond acceptors (Lipinski definition) is 4. The first kappa shape index (κ1) is 17.6. The van der Waals surface area contributed by atoms with E-state index in [1.807, 2.05) is 0 Å². The van der Waals surface area contributed by atoms with Gasteiger partial charge in [0.15, 0.2) is 0 Å². The summed E-state index contributed by atoms with van der Waals surface area (Å²) in [5, 5.41) is 5.45. The molecule has 2 amide bonds. The second kappa shape index (κ2) is 7.77. The van der Waals surface area contributed by atoms with Crippen molar-refractivity contribution in [3.63, 3.8) is 0 Å². The van der Waals surface area contributed by atoms with Gasteiger partial charge in [-0.2, -0.15) is 0 Å². The van der Waals surface area contributed by atoms with Crippen LogP contribution in [0.3, 0.4) is 0 Å². The Morgan fingerprint density at radius 3 is 2.56 bits per heavy atom. The molecule has 0 saturated heterocycles. The first-order valence-electron chi connectivity index (χ1n) is 7.11. The molecule has 0 unspecified atom stereocenters. The summed E-state index contributed by atoms with van der Waals surface area (Å²) in [4.78, 5) is 29.1. The number of rotatable bonds is 4.